The lowest BCUT2D eigenvalue weighted by Crippen LogP contribution is -2.27. The number of nitrogens with two attached hydrogens (primary N) is 1. The molecule has 1 aromatic carbocycles. The Bertz CT molecular complexity index is 944. The molecule has 166 valence electrons. The van der Waals surface area contributed by atoms with E-state index in [0.29, 0.717) is 11.3 Å². The van der Waals surface area contributed by atoms with Gasteiger partial charge in [-0.05, 0) is 49.9 Å². The van der Waals surface area contributed by atoms with Gasteiger partial charge in [-0.15, -0.1) is 11.3 Å². The van der Waals surface area contributed by atoms with E-state index in [2.05, 4.69) is 17.9 Å². The quantitative estimate of drug-likeness (QED) is 0.219. The number of aryl methyl sites for hydroxylation is 1. The average Bonchev–Trinajstić information content (AvgIpc) is 3.17. The maximum absolute atomic E-state index is 11.3. The predicted molar refractivity (Wildman–Crippen MR) is 116 cm³/mol. The summed E-state index contributed by atoms with van der Waals surface area (Å²) in [7, 11) is 0. The molecular weight excluding hydrogens is 422 g/mol. The summed E-state index contributed by atoms with van der Waals surface area (Å²) in [6.45, 7) is 3.74. The number of benzene rings is 1. The minimum Gasteiger partial charge on any atom is -0.481 e. The summed E-state index contributed by atoms with van der Waals surface area (Å²) >= 11 is 1.64. The van der Waals surface area contributed by atoms with Gasteiger partial charge < -0.3 is 25.8 Å². The van der Waals surface area contributed by atoms with Gasteiger partial charge in [0, 0.05) is 10.4 Å². The zero-order chi connectivity index (χ0) is 23.4. The summed E-state index contributed by atoms with van der Waals surface area (Å²) in [5, 5.41) is 24.1. The van der Waals surface area contributed by atoms with Crippen LogP contribution in [0.25, 0.3) is 0 Å². The van der Waals surface area contributed by atoms with Crippen molar-refractivity contribution in [3.8, 4) is 17.6 Å². The number of aliphatic hydroxyl groups is 1. The van der Waals surface area contributed by atoms with E-state index in [-0.39, 0.29) is 18.3 Å². The number of ketones is 1. The number of Topliss-reactive ketones (excluding diaryl/α,β-unsaturated/α-hetero) is 1. The lowest BCUT2D eigenvalue weighted by atomic mass is 10.0. The van der Waals surface area contributed by atoms with Crippen LogP contribution in [-0.2, 0) is 16.0 Å². The van der Waals surface area contributed by atoms with Gasteiger partial charge in [-0.2, -0.15) is 0 Å². The topological polar surface area (TPSA) is 147 Å². The smallest absolute Gasteiger partial charge is 0.414 e. The molecule has 0 saturated heterocycles. The van der Waals surface area contributed by atoms with Crippen molar-refractivity contribution >= 4 is 29.1 Å². The second kappa shape index (κ2) is 13.2. The highest BCUT2D eigenvalue weighted by atomic mass is 32.1. The molecule has 1 heterocycles. The van der Waals surface area contributed by atoms with Crippen molar-refractivity contribution in [2.75, 3.05) is 6.61 Å². The first-order valence-electron chi connectivity index (χ1n) is 9.31. The molecule has 5 N–H and O–H groups in total. The summed E-state index contributed by atoms with van der Waals surface area (Å²) in [5.41, 5.74) is 6.09. The van der Waals surface area contributed by atoms with E-state index in [4.69, 9.17) is 30.3 Å². The zero-order valence-corrected chi connectivity index (χ0v) is 18.0. The molecular formula is C22H25NO7S. The molecule has 2 rings (SSSR count). The third-order valence-electron chi connectivity index (χ3n) is 4.04. The molecule has 1 unspecified atom stereocenters. The number of hydrogen-bond acceptors (Lipinski definition) is 7. The lowest BCUT2D eigenvalue weighted by molar-refractivity contribution is -0.159. The Balaban J connectivity index is 0.000000703. The number of aliphatic hydroxyl groups excluding tert-OH is 1. The Kier molecular flexibility index (Phi) is 11.0. The van der Waals surface area contributed by atoms with E-state index >= 15 is 0 Å². The largest absolute Gasteiger partial charge is 0.481 e. The Morgan fingerprint density at radius 2 is 1.84 bits per heavy atom. The average molecular weight is 448 g/mol. The number of carboxylic acids is 2. The third kappa shape index (κ3) is 10.4. The lowest BCUT2D eigenvalue weighted by Gasteiger charge is -2.12. The standard InChI is InChI=1S/C20H23NO3S.C2H2O4/c1-14(20(21)23)8-9-19-11-10-18(25-19)7-4-12-24-17-6-3-5-16(13-17)15(2)22;3-1(4)2(5)6/h3,5-6,10-11,13-14,20,23H,8-9,12,21H2,1-2H3;(H,3,4)(H,5,6)/t14-,20?;/m1./s1. The molecule has 0 aliphatic rings. The summed E-state index contributed by atoms with van der Waals surface area (Å²) in [6.07, 6.45) is 0.967. The second-order valence-corrected chi connectivity index (χ2v) is 7.73. The zero-order valence-electron chi connectivity index (χ0n) is 17.2. The number of carboxylic acid groups (broad SMARTS) is 2. The SMILES string of the molecule is CC(=O)c1cccc(OCC#Cc2ccc(CC[C@@H](C)C(N)O)s2)c1.O=C(O)C(=O)O. The monoisotopic (exact) mass is 447 g/mol. The van der Waals surface area contributed by atoms with Crippen LogP contribution in [0.3, 0.4) is 0 Å². The van der Waals surface area contributed by atoms with Crippen molar-refractivity contribution in [1.82, 2.24) is 0 Å². The van der Waals surface area contributed by atoms with Crippen molar-refractivity contribution in [1.29, 1.82) is 0 Å². The van der Waals surface area contributed by atoms with E-state index in [0.717, 1.165) is 17.7 Å². The number of carbonyl (C=O) groups is 3. The molecule has 1 aromatic heterocycles. The number of thiophene rings is 1. The molecule has 0 radical (unpaired) electrons. The fraction of sp³-hybridized carbons (Fsp3) is 0.318. The van der Waals surface area contributed by atoms with Crippen LogP contribution in [0.4, 0.5) is 0 Å². The Labute approximate surface area is 184 Å². The van der Waals surface area contributed by atoms with E-state index in [1.165, 1.54) is 11.8 Å². The second-order valence-electron chi connectivity index (χ2n) is 6.56. The van der Waals surface area contributed by atoms with Gasteiger partial charge in [0.1, 0.15) is 18.6 Å². The van der Waals surface area contributed by atoms with Crippen molar-refractivity contribution in [3.63, 3.8) is 0 Å². The predicted octanol–water partition coefficient (Wildman–Crippen LogP) is 2.38. The highest BCUT2D eigenvalue weighted by Crippen LogP contribution is 2.19. The maximum atomic E-state index is 11.3. The fourth-order valence-electron chi connectivity index (χ4n) is 2.17. The van der Waals surface area contributed by atoms with Gasteiger partial charge in [0.25, 0.3) is 0 Å². The van der Waals surface area contributed by atoms with Crippen molar-refractivity contribution in [2.45, 2.75) is 32.9 Å². The minimum absolute atomic E-state index is 0.0131. The molecule has 8 nitrogen and oxygen atoms in total. The fourth-order valence-corrected chi connectivity index (χ4v) is 3.07. The molecule has 9 heteroatoms. The van der Waals surface area contributed by atoms with Crippen LogP contribution in [0.5, 0.6) is 5.75 Å². The number of aliphatic carboxylic acids is 2. The minimum atomic E-state index is -1.82. The number of hydrogen-bond donors (Lipinski definition) is 4. The van der Waals surface area contributed by atoms with Gasteiger partial charge in [-0.1, -0.05) is 30.9 Å². The highest BCUT2D eigenvalue weighted by Gasteiger charge is 2.09. The number of rotatable bonds is 7. The number of carbonyl (C=O) groups excluding carboxylic acids is 1. The van der Waals surface area contributed by atoms with Crippen LogP contribution < -0.4 is 10.5 Å². The highest BCUT2D eigenvalue weighted by molar-refractivity contribution is 7.12. The molecule has 0 fully saturated rings. The molecule has 0 bridgehead atoms. The van der Waals surface area contributed by atoms with Crippen LogP contribution in [0.2, 0.25) is 0 Å². The molecule has 31 heavy (non-hydrogen) atoms. The van der Waals surface area contributed by atoms with Crippen molar-refractivity contribution < 1.29 is 34.4 Å². The molecule has 0 aliphatic heterocycles. The van der Waals surface area contributed by atoms with Gasteiger partial charge >= 0.3 is 11.9 Å². The van der Waals surface area contributed by atoms with Crippen molar-refractivity contribution in [2.24, 2.45) is 11.7 Å². The molecule has 0 saturated carbocycles. The normalized spacial score (nSPS) is 11.7. The van der Waals surface area contributed by atoms with Crippen LogP contribution in [0.1, 0.15) is 40.4 Å². The Morgan fingerprint density at radius 1 is 1.16 bits per heavy atom. The van der Waals surface area contributed by atoms with Gasteiger partial charge in [-0.3, -0.25) is 4.79 Å². The summed E-state index contributed by atoms with van der Waals surface area (Å²) in [4.78, 5) is 31.8. The summed E-state index contributed by atoms with van der Waals surface area (Å²) in [5.74, 6) is 3.16. The summed E-state index contributed by atoms with van der Waals surface area (Å²) in [6, 6.07) is 11.1. The van der Waals surface area contributed by atoms with Crippen LogP contribution >= 0.6 is 11.3 Å². The Morgan fingerprint density at radius 3 is 2.42 bits per heavy atom. The molecule has 0 aliphatic carbocycles. The van der Waals surface area contributed by atoms with Gasteiger partial charge in [0.15, 0.2) is 5.78 Å². The number of ether oxygens (including phenoxy) is 1. The van der Waals surface area contributed by atoms with Gasteiger partial charge in [0.2, 0.25) is 0 Å². The third-order valence-corrected chi connectivity index (χ3v) is 5.10. The van der Waals surface area contributed by atoms with Crippen LogP contribution in [0.15, 0.2) is 36.4 Å². The maximum Gasteiger partial charge on any atom is 0.414 e. The molecule has 2 aromatic rings. The first-order chi connectivity index (χ1) is 14.6. The van der Waals surface area contributed by atoms with Gasteiger partial charge in [-0.25, -0.2) is 9.59 Å². The van der Waals surface area contributed by atoms with Gasteiger partial charge in [0.05, 0.1) is 4.88 Å². The Hall–Kier alpha value is -3.19. The van der Waals surface area contributed by atoms with Crippen LogP contribution in [-0.4, -0.2) is 45.9 Å². The molecule has 2 atom stereocenters. The summed E-state index contributed by atoms with van der Waals surface area (Å²) < 4.78 is 5.57. The van der Waals surface area contributed by atoms with E-state index in [1.54, 1.807) is 29.5 Å². The first kappa shape index (κ1) is 25.8. The molecule has 0 spiro atoms. The van der Waals surface area contributed by atoms with E-state index in [9.17, 15) is 9.90 Å². The van der Waals surface area contributed by atoms with Crippen molar-refractivity contribution in [3.05, 3.63) is 51.7 Å². The van der Waals surface area contributed by atoms with Crippen LogP contribution in [0, 0.1) is 17.8 Å². The van der Waals surface area contributed by atoms with E-state index in [1.807, 2.05) is 19.1 Å². The van der Waals surface area contributed by atoms with E-state index < -0.39 is 18.2 Å². The first-order valence-corrected chi connectivity index (χ1v) is 10.1. The molecule has 0 amide bonds.